The maximum atomic E-state index is 12.9. The van der Waals surface area contributed by atoms with Crippen LogP contribution in [0.5, 0.6) is 11.5 Å². The molecule has 172 valence electrons. The van der Waals surface area contributed by atoms with Gasteiger partial charge in [0.05, 0.1) is 20.3 Å². The van der Waals surface area contributed by atoms with Crippen molar-refractivity contribution >= 4 is 29.0 Å². The van der Waals surface area contributed by atoms with E-state index in [0.29, 0.717) is 36.2 Å². The van der Waals surface area contributed by atoms with Crippen molar-refractivity contribution in [2.45, 2.75) is 32.7 Å². The molecule has 0 saturated carbocycles. The Balaban J connectivity index is 1.82. The zero-order valence-corrected chi connectivity index (χ0v) is 20.0. The monoisotopic (exact) mass is 456 g/mol. The quantitative estimate of drug-likeness (QED) is 0.547. The first-order valence-corrected chi connectivity index (χ1v) is 11.3. The molecule has 0 aromatic heterocycles. The average Bonchev–Trinajstić information content (AvgIpc) is 2.79. The van der Waals surface area contributed by atoms with Crippen LogP contribution in [0.2, 0.25) is 0 Å². The Kier molecular flexibility index (Phi) is 8.16. The van der Waals surface area contributed by atoms with Crippen LogP contribution in [0.1, 0.15) is 36.1 Å². The van der Waals surface area contributed by atoms with Crippen molar-refractivity contribution in [3.63, 3.8) is 0 Å². The van der Waals surface area contributed by atoms with E-state index in [1.807, 2.05) is 55.1 Å². The Morgan fingerprint density at radius 3 is 2.59 bits per heavy atom. The minimum atomic E-state index is -0.201. The number of methoxy groups -OCH3 is 2. The van der Waals surface area contributed by atoms with Gasteiger partial charge >= 0.3 is 6.03 Å². The summed E-state index contributed by atoms with van der Waals surface area (Å²) >= 11 is 5.52. The van der Waals surface area contributed by atoms with Crippen LogP contribution < -0.4 is 25.4 Å². The van der Waals surface area contributed by atoms with E-state index in [9.17, 15) is 4.79 Å². The molecule has 32 heavy (non-hydrogen) atoms. The number of fused-ring (bicyclic) bond motifs is 1. The average molecular weight is 457 g/mol. The van der Waals surface area contributed by atoms with Crippen molar-refractivity contribution in [1.29, 1.82) is 0 Å². The predicted octanol–water partition coefficient (Wildman–Crippen LogP) is 4.02. The summed E-state index contributed by atoms with van der Waals surface area (Å²) in [6, 6.07) is 11.7. The molecule has 1 aliphatic rings. The van der Waals surface area contributed by atoms with Gasteiger partial charge in [0.1, 0.15) is 0 Å². The Bertz CT molecular complexity index is 966. The zero-order chi connectivity index (χ0) is 23.1. The van der Waals surface area contributed by atoms with Gasteiger partial charge in [0.2, 0.25) is 0 Å². The van der Waals surface area contributed by atoms with E-state index in [4.69, 9.17) is 21.7 Å². The van der Waals surface area contributed by atoms with Gasteiger partial charge in [0.25, 0.3) is 0 Å². The summed E-state index contributed by atoms with van der Waals surface area (Å²) in [5, 5.41) is 10.0. The molecule has 3 N–H and O–H groups in total. The van der Waals surface area contributed by atoms with E-state index in [1.54, 1.807) is 14.2 Å². The number of thiocarbonyl (C=S) groups is 1. The van der Waals surface area contributed by atoms with Crippen LogP contribution in [-0.2, 0) is 6.42 Å². The molecule has 0 spiro atoms. The highest BCUT2D eigenvalue weighted by Gasteiger charge is 2.32. The highest BCUT2D eigenvalue weighted by Crippen LogP contribution is 2.38. The minimum Gasteiger partial charge on any atom is -0.493 e. The highest BCUT2D eigenvalue weighted by molar-refractivity contribution is 7.80. The molecule has 7 nitrogen and oxygen atoms in total. The Morgan fingerprint density at radius 2 is 1.91 bits per heavy atom. The van der Waals surface area contributed by atoms with Gasteiger partial charge in [-0.2, -0.15) is 0 Å². The van der Waals surface area contributed by atoms with Crippen LogP contribution in [-0.4, -0.2) is 49.9 Å². The number of benzene rings is 2. The number of urea groups is 1. The molecule has 1 atom stereocenters. The van der Waals surface area contributed by atoms with E-state index in [-0.39, 0.29) is 12.1 Å². The number of nitrogens with zero attached hydrogens (tertiary/aromatic N) is 1. The largest absolute Gasteiger partial charge is 0.493 e. The first-order chi connectivity index (χ1) is 15.5. The first kappa shape index (κ1) is 23.7. The molecule has 0 saturated heterocycles. The molecule has 2 aromatic rings. The number of ether oxygens (including phenoxy) is 2. The van der Waals surface area contributed by atoms with Crippen LogP contribution in [0.4, 0.5) is 10.5 Å². The second-order valence-electron chi connectivity index (χ2n) is 7.80. The molecular formula is C24H32N4O3S. The first-order valence-electron chi connectivity index (χ1n) is 10.9. The summed E-state index contributed by atoms with van der Waals surface area (Å²) in [4.78, 5) is 14.8. The third kappa shape index (κ3) is 5.62. The van der Waals surface area contributed by atoms with Crippen molar-refractivity contribution in [2.24, 2.45) is 0 Å². The molecule has 1 unspecified atom stereocenters. The molecule has 3 rings (SSSR count). The summed E-state index contributed by atoms with van der Waals surface area (Å²) in [6.07, 6.45) is 1.63. The molecular weight excluding hydrogens is 424 g/mol. The smallest absolute Gasteiger partial charge is 0.317 e. The van der Waals surface area contributed by atoms with E-state index in [1.165, 1.54) is 0 Å². The molecule has 1 aliphatic heterocycles. The van der Waals surface area contributed by atoms with Crippen molar-refractivity contribution in [3.8, 4) is 11.5 Å². The number of carbonyl (C=O) groups is 1. The van der Waals surface area contributed by atoms with Gasteiger partial charge in [-0.3, -0.25) is 0 Å². The maximum absolute atomic E-state index is 12.9. The summed E-state index contributed by atoms with van der Waals surface area (Å²) in [5.41, 5.74) is 4.26. The molecule has 1 heterocycles. The molecule has 2 aromatic carbocycles. The number of nitrogens with one attached hydrogen (secondary N) is 3. The van der Waals surface area contributed by atoms with Gasteiger partial charge in [-0.1, -0.05) is 19.1 Å². The topological polar surface area (TPSA) is 74.9 Å². The lowest BCUT2D eigenvalue weighted by Gasteiger charge is -2.38. The van der Waals surface area contributed by atoms with E-state index in [2.05, 4.69) is 16.0 Å². The SMILES string of the molecule is CCCNC(=O)N1CCc2cc(OC)c(OC)cc2C1CNC(=S)Nc1cccc(C)c1. The van der Waals surface area contributed by atoms with E-state index in [0.717, 1.165) is 35.2 Å². The van der Waals surface area contributed by atoms with Crippen LogP contribution >= 0.6 is 12.2 Å². The normalized spacial score (nSPS) is 14.9. The van der Waals surface area contributed by atoms with Gasteiger partial charge in [-0.05, 0) is 72.9 Å². The summed E-state index contributed by atoms with van der Waals surface area (Å²) in [7, 11) is 3.25. The Hall–Kier alpha value is -3.00. The van der Waals surface area contributed by atoms with Crippen LogP contribution in [0.3, 0.4) is 0 Å². The minimum absolute atomic E-state index is 0.0725. The van der Waals surface area contributed by atoms with Gasteiger partial charge < -0.3 is 30.3 Å². The van der Waals surface area contributed by atoms with Crippen LogP contribution in [0.25, 0.3) is 0 Å². The molecule has 0 fully saturated rings. The lowest BCUT2D eigenvalue weighted by atomic mass is 9.92. The van der Waals surface area contributed by atoms with Gasteiger partial charge in [0, 0.05) is 25.3 Å². The fourth-order valence-corrected chi connectivity index (χ4v) is 4.11. The van der Waals surface area contributed by atoms with Gasteiger partial charge in [-0.15, -0.1) is 0 Å². The number of anilines is 1. The maximum Gasteiger partial charge on any atom is 0.317 e. The Labute approximate surface area is 195 Å². The fourth-order valence-electron chi connectivity index (χ4n) is 3.91. The third-order valence-corrected chi connectivity index (χ3v) is 5.77. The van der Waals surface area contributed by atoms with Crippen LogP contribution in [0.15, 0.2) is 36.4 Å². The zero-order valence-electron chi connectivity index (χ0n) is 19.2. The number of carbonyl (C=O) groups excluding carboxylic acids is 1. The number of hydrogen-bond acceptors (Lipinski definition) is 4. The second kappa shape index (κ2) is 11.0. The molecule has 0 aliphatic carbocycles. The van der Waals surface area contributed by atoms with Gasteiger partial charge in [-0.25, -0.2) is 4.79 Å². The molecule has 8 heteroatoms. The van der Waals surface area contributed by atoms with Crippen molar-refractivity contribution in [3.05, 3.63) is 53.1 Å². The number of aryl methyl sites for hydroxylation is 1. The summed E-state index contributed by atoms with van der Waals surface area (Å²) < 4.78 is 11.0. The number of rotatable bonds is 7. The second-order valence-corrected chi connectivity index (χ2v) is 8.21. The standard InChI is InChI=1S/C24H32N4O3S/c1-5-10-25-24(29)28-11-9-17-13-21(30-3)22(31-4)14-19(17)20(28)15-26-23(32)27-18-8-6-7-16(2)12-18/h6-8,12-14,20H,5,9-11,15H2,1-4H3,(H,25,29)(H2,26,27,32). The van der Waals surface area contributed by atoms with Crippen molar-refractivity contribution < 1.29 is 14.3 Å². The molecule has 0 bridgehead atoms. The lowest BCUT2D eigenvalue weighted by Crippen LogP contribution is -2.49. The van der Waals surface area contributed by atoms with Crippen molar-refractivity contribution in [1.82, 2.24) is 15.5 Å². The van der Waals surface area contributed by atoms with E-state index >= 15 is 0 Å². The Morgan fingerprint density at radius 1 is 1.16 bits per heavy atom. The van der Waals surface area contributed by atoms with Crippen molar-refractivity contribution in [2.75, 3.05) is 39.2 Å². The van der Waals surface area contributed by atoms with E-state index < -0.39 is 0 Å². The molecule has 2 amide bonds. The summed E-state index contributed by atoms with van der Waals surface area (Å²) in [5.74, 6) is 1.34. The predicted molar refractivity (Wildman–Crippen MR) is 132 cm³/mol. The third-order valence-electron chi connectivity index (χ3n) is 5.52. The molecule has 0 radical (unpaired) electrons. The highest BCUT2D eigenvalue weighted by atomic mass is 32.1. The number of hydrogen-bond donors (Lipinski definition) is 3. The fraction of sp³-hybridized carbons (Fsp3) is 0.417. The number of amides is 2. The van der Waals surface area contributed by atoms with Crippen LogP contribution in [0, 0.1) is 6.92 Å². The van der Waals surface area contributed by atoms with Gasteiger partial charge in [0.15, 0.2) is 16.6 Å². The lowest BCUT2D eigenvalue weighted by molar-refractivity contribution is 0.169. The summed E-state index contributed by atoms with van der Waals surface area (Å²) in [6.45, 7) is 5.80.